The molecule has 2 aromatic carbocycles. The van der Waals surface area contributed by atoms with Crippen LogP contribution in [0.25, 0.3) is 11.3 Å². The Morgan fingerprint density at radius 1 is 1.07 bits per heavy atom. The van der Waals surface area contributed by atoms with Crippen LogP contribution in [-0.2, 0) is 21.1 Å². The third kappa shape index (κ3) is 5.32. The molecule has 5 nitrogen and oxygen atoms in total. The van der Waals surface area contributed by atoms with Crippen molar-refractivity contribution < 1.29 is 22.0 Å². The first-order valence-corrected chi connectivity index (χ1v) is 11.1. The summed E-state index contributed by atoms with van der Waals surface area (Å²) < 4.78 is 42.5. The predicted molar refractivity (Wildman–Crippen MR) is 109 cm³/mol. The van der Waals surface area contributed by atoms with Gasteiger partial charge >= 0.3 is 0 Å². The van der Waals surface area contributed by atoms with Gasteiger partial charge in [0.2, 0.25) is 5.91 Å². The summed E-state index contributed by atoms with van der Waals surface area (Å²) in [5.41, 5.74) is 1.19. The molecule has 1 atom stereocenters. The second-order valence-corrected chi connectivity index (χ2v) is 8.89. The maximum absolute atomic E-state index is 13.8. The Bertz CT molecular complexity index is 1100. The van der Waals surface area contributed by atoms with E-state index in [0.717, 1.165) is 11.8 Å². The van der Waals surface area contributed by atoms with E-state index in [1.54, 1.807) is 42.5 Å². The zero-order valence-corrected chi connectivity index (χ0v) is 17.0. The molecule has 0 fully saturated rings. The van der Waals surface area contributed by atoms with Crippen LogP contribution in [0.2, 0.25) is 0 Å². The highest BCUT2D eigenvalue weighted by Crippen LogP contribution is 2.25. The summed E-state index contributed by atoms with van der Waals surface area (Å²) in [7, 11) is -3.25. The summed E-state index contributed by atoms with van der Waals surface area (Å²) in [4.78, 5) is 12.5. The summed E-state index contributed by atoms with van der Waals surface area (Å²) in [6.07, 6.45) is 1.76. The Kier molecular flexibility index (Phi) is 6.17. The van der Waals surface area contributed by atoms with Gasteiger partial charge in [0.15, 0.2) is 9.84 Å². The maximum atomic E-state index is 13.8. The number of sulfone groups is 1. The molecule has 1 amide bonds. The first kappa shape index (κ1) is 20.8. The number of nitrogens with one attached hydrogen (secondary N) is 1. The smallest absolute Gasteiger partial charge is 0.220 e. The average Bonchev–Trinajstić information content (AvgIpc) is 3.15. The monoisotopic (exact) mass is 415 g/mol. The average molecular weight is 415 g/mol. The molecule has 1 aromatic heterocycles. The summed E-state index contributed by atoms with van der Waals surface area (Å²) in [6.45, 7) is 1.83. The van der Waals surface area contributed by atoms with Crippen LogP contribution in [0.5, 0.6) is 0 Å². The molecule has 152 valence electrons. The molecule has 0 aliphatic heterocycles. The number of carbonyl (C=O) groups is 1. The van der Waals surface area contributed by atoms with Gasteiger partial charge in [0.25, 0.3) is 0 Å². The number of aryl methyl sites for hydroxylation is 1. The molecular formula is C22H22FNO4S. The summed E-state index contributed by atoms with van der Waals surface area (Å²) >= 11 is 0. The fourth-order valence-electron chi connectivity index (χ4n) is 2.96. The first-order chi connectivity index (χ1) is 13.7. The molecule has 0 aliphatic rings. The van der Waals surface area contributed by atoms with Gasteiger partial charge in [0, 0.05) is 19.1 Å². The van der Waals surface area contributed by atoms with E-state index >= 15 is 0 Å². The topological polar surface area (TPSA) is 76.4 Å². The molecule has 0 radical (unpaired) electrons. The van der Waals surface area contributed by atoms with E-state index in [9.17, 15) is 17.6 Å². The van der Waals surface area contributed by atoms with Crippen molar-refractivity contribution in [3.05, 3.63) is 77.8 Å². The quantitative estimate of drug-likeness (QED) is 0.624. The van der Waals surface area contributed by atoms with Crippen LogP contribution in [-0.4, -0.2) is 20.6 Å². The van der Waals surface area contributed by atoms with Gasteiger partial charge in [-0.2, -0.15) is 0 Å². The van der Waals surface area contributed by atoms with Gasteiger partial charge in [-0.1, -0.05) is 24.3 Å². The Balaban J connectivity index is 1.55. The number of halogens is 1. The van der Waals surface area contributed by atoms with Crippen LogP contribution in [0, 0.1) is 5.82 Å². The Morgan fingerprint density at radius 2 is 1.76 bits per heavy atom. The number of hydrogen-bond acceptors (Lipinski definition) is 4. The van der Waals surface area contributed by atoms with E-state index in [2.05, 4.69) is 5.32 Å². The van der Waals surface area contributed by atoms with Gasteiger partial charge < -0.3 is 9.73 Å². The number of amides is 1. The highest BCUT2D eigenvalue weighted by atomic mass is 32.2. The van der Waals surface area contributed by atoms with Crippen molar-refractivity contribution in [2.75, 3.05) is 6.26 Å². The third-order valence-electron chi connectivity index (χ3n) is 4.59. The van der Waals surface area contributed by atoms with E-state index < -0.39 is 9.84 Å². The zero-order chi connectivity index (χ0) is 21.0. The number of carbonyl (C=O) groups excluding carboxylic acids is 1. The Hall–Kier alpha value is -2.93. The van der Waals surface area contributed by atoms with E-state index in [0.29, 0.717) is 23.5 Å². The van der Waals surface area contributed by atoms with Crippen LogP contribution in [0.15, 0.2) is 70.0 Å². The van der Waals surface area contributed by atoms with E-state index in [1.807, 2.05) is 6.92 Å². The van der Waals surface area contributed by atoms with Gasteiger partial charge in [-0.3, -0.25) is 4.79 Å². The highest BCUT2D eigenvalue weighted by Gasteiger charge is 2.14. The van der Waals surface area contributed by atoms with Crippen molar-refractivity contribution in [3.8, 4) is 11.3 Å². The second kappa shape index (κ2) is 8.61. The van der Waals surface area contributed by atoms with Gasteiger partial charge in [0.05, 0.1) is 16.5 Å². The lowest BCUT2D eigenvalue weighted by molar-refractivity contribution is -0.121. The lowest BCUT2D eigenvalue weighted by Crippen LogP contribution is -2.26. The third-order valence-corrected chi connectivity index (χ3v) is 5.71. The normalized spacial score (nSPS) is 12.5. The summed E-state index contributed by atoms with van der Waals surface area (Å²) in [6, 6.07) is 16.0. The van der Waals surface area contributed by atoms with Gasteiger partial charge in [-0.15, -0.1) is 0 Å². The maximum Gasteiger partial charge on any atom is 0.220 e. The lowest BCUT2D eigenvalue weighted by atomic mass is 10.1. The fourth-order valence-corrected chi connectivity index (χ4v) is 3.59. The molecule has 0 spiro atoms. The van der Waals surface area contributed by atoms with Gasteiger partial charge in [-0.05, 0) is 48.9 Å². The molecule has 0 saturated carbocycles. The minimum atomic E-state index is -3.25. The first-order valence-electron chi connectivity index (χ1n) is 9.17. The molecule has 3 rings (SSSR count). The lowest BCUT2D eigenvalue weighted by Gasteiger charge is -2.14. The number of benzene rings is 2. The molecule has 0 aliphatic carbocycles. The predicted octanol–water partition coefficient (Wildman–Crippen LogP) is 4.30. The SMILES string of the molecule is CC(NC(=O)CCc1ccc(-c2ccccc2F)o1)c1ccc(S(C)(=O)=O)cc1. The molecule has 0 saturated heterocycles. The Labute approximate surface area is 169 Å². The fraction of sp³-hybridized carbons (Fsp3) is 0.227. The van der Waals surface area contributed by atoms with E-state index in [-0.39, 0.29) is 29.1 Å². The van der Waals surface area contributed by atoms with Crippen LogP contribution in [0.1, 0.15) is 30.7 Å². The molecule has 29 heavy (non-hydrogen) atoms. The van der Waals surface area contributed by atoms with Crippen molar-refractivity contribution in [2.24, 2.45) is 0 Å². The number of hydrogen-bond donors (Lipinski definition) is 1. The number of furan rings is 1. The van der Waals surface area contributed by atoms with Crippen molar-refractivity contribution in [3.63, 3.8) is 0 Å². The Morgan fingerprint density at radius 3 is 2.41 bits per heavy atom. The van der Waals surface area contributed by atoms with Crippen LogP contribution in [0.4, 0.5) is 4.39 Å². The van der Waals surface area contributed by atoms with E-state index in [4.69, 9.17) is 4.42 Å². The van der Waals surface area contributed by atoms with Gasteiger partial charge in [-0.25, -0.2) is 12.8 Å². The van der Waals surface area contributed by atoms with Crippen molar-refractivity contribution in [1.82, 2.24) is 5.32 Å². The molecule has 7 heteroatoms. The van der Waals surface area contributed by atoms with E-state index in [1.165, 1.54) is 18.2 Å². The summed E-state index contributed by atoms with van der Waals surface area (Å²) in [5.74, 6) is 0.511. The van der Waals surface area contributed by atoms with Crippen LogP contribution < -0.4 is 5.32 Å². The molecule has 1 N–H and O–H groups in total. The second-order valence-electron chi connectivity index (χ2n) is 6.88. The largest absolute Gasteiger partial charge is 0.461 e. The van der Waals surface area contributed by atoms with Gasteiger partial charge in [0.1, 0.15) is 17.3 Å². The molecular weight excluding hydrogens is 393 g/mol. The van der Waals surface area contributed by atoms with Crippen molar-refractivity contribution in [2.45, 2.75) is 30.7 Å². The van der Waals surface area contributed by atoms with Crippen LogP contribution in [0.3, 0.4) is 0 Å². The zero-order valence-electron chi connectivity index (χ0n) is 16.2. The standard InChI is InChI=1S/C22H22FNO4S/c1-15(16-7-11-18(12-8-16)29(2,26)27)24-22(25)14-10-17-9-13-21(28-17)19-5-3-4-6-20(19)23/h3-9,11-13,15H,10,14H2,1-2H3,(H,24,25). The van der Waals surface area contributed by atoms with Crippen LogP contribution >= 0.6 is 0 Å². The minimum absolute atomic E-state index is 0.159. The van der Waals surface area contributed by atoms with Crippen molar-refractivity contribution in [1.29, 1.82) is 0 Å². The highest BCUT2D eigenvalue weighted by molar-refractivity contribution is 7.90. The van der Waals surface area contributed by atoms with Crippen molar-refractivity contribution >= 4 is 15.7 Å². The number of rotatable bonds is 7. The molecule has 1 unspecified atom stereocenters. The molecule has 1 heterocycles. The molecule has 0 bridgehead atoms. The molecule has 3 aromatic rings. The minimum Gasteiger partial charge on any atom is -0.461 e. The summed E-state index contributed by atoms with van der Waals surface area (Å²) in [5, 5.41) is 2.88.